The largest absolute Gasteiger partial charge is 0.332 e. The molecular formula is C10H11FO3S. The third kappa shape index (κ3) is 2.07. The van der Waals surface area contributed by atoms with Crippen LogP contribution in [0.4, 0.5) is 3.89 Å². The SMILES string of the molecule is Cc1c(C=O)cc(S(=O)(=O)F)c(C)c1C. The van der Waals surface area contributed by atoms with Gasteiger partial charge in [0.1, 0.15) is 11.2 Å². The lowest BCUT2D eigenvalue weighted by Crippen LogP contribution is -2.02. The highest BCUT2D eigenvalue weighted by atomic mass is 32.3. The molecule has 0 saturated heterocycles. The Hall–Kier alpha value is -1.23. The summed E-state index contributed by atoms with van der Waals surface area (Å²) in [5.41, 5.74) is 1.85. The van der Waals surface area contributed by atoms with Crippen LogP contribution in [0, 0.1) is 20.8 Å². The molecule has 1 aromatic carbocycles. The van der Waals surface area contributed by atoms with E-state index in [1.54, 1.807) is 13.8 Å². The summed E-state index contributed by atoms with van der Waals surface area (Å²) in [7, 11) is -4.76. The lowest BCUT2D eigenvalue weighted by molar-refractivity contribution is 0.112. The summed E-state index contributed by atoms with van der Waals surface area (Å²) in [4.78, 5) is 10.2. The molecule has 0 radical (unpaired) electrons. The highest BCUT2D eigenvalue weighted by Crippen LogP contribution is 2.25. The third-order valence-electron chi connectivity index (χ3n) is 2.60. The zero-order chi connectivity index (χ0) is 11.8. The minimum Gasteiger partial charge on any atom is -0.298 e. The van der Waals surface area contributed by atoms with Crippen molar-refractivity contribution >= 4 is 16.5 Å². The quantitative estimate of drug-likeness (QED) is 0.577. The fraction of sp³-hybridized carbons (Fsp3) is 0.300. The summed E-state index contributed by atoms with van der Waals surface area (Å²) in [5, 5.41) is 0. The Labute approximate surface area is 88.1 Å². The molecule has 0 N–H and O–H groups in total. The van der Waals surface area contributed by atoms with Gasteiger partial charge in [0.2, 0.25) is 0 Å². The van der Waals surface area contributed by atoms with Crippen LogP contribution in [-0.2, 0) is 10.2 Å². The van der Waals surface area contributed by atoms with Crippen molar-refractivity contribution in [2.24, 2.45) is 0 Å². The van der Waals surface area contributed by atoms with Crippen molar-refractivity contribution < 1.29 is 17.1 Å². The van der Waals surface area contributed by atoms with Gasteiger partial charge in [-0.3, -0.25) is 4.79 Å². The first-order valence-corrected chi connectivity index (χ1v) is 5.68. The molecule has 0 amide bonds. The van der Waals surface area contributed by atoms with Crippen LogP contribution in [0.3, 0.4) is 0 Å². The van der Waals surface area contributed by atoms with Gasteiger partial charge in [-0.2, -0.15) is 8.42 Å². The summed E-state index contributed by atoms with van der Waals surface area (Å²) < 4.78 is 34.5. The van der Waals surface area contributed by atoms with Crippen molar-refractivity contribution in [2.45, 2.75) is 25.7 Å². The Balaban J connectivity index is 3.71. The van der Waals surface area contributed by atoms with Crippen molar-refractivity contribution in [1.82, 2.24) is 0 Å². The number of rotatable bonds is 2. The standard InChI is InChI=1S/C10H11FO3S/c1-6-7(2)9(5-12)4-10(8(6)3)15(11,13)14/h4-5H,1-3H3. The summed E-state index contributed by atoms with van der Waals surface area (Å²) in [6.45, 7) is 4.87. The van der Waals surface area contributed by atoms with Crippen LogP contribution in [0.5, 0.6) is 0 Å². The predicted molar refractivity (Wildman–Crippen MR) is 54.3 cm³/mol. The average Bonchev–Trinajstić information content (AvgIpc) is 2.13. The van der Waals surface area contributed by atoms with Crippen molar-refractivity contribution in [2.75, 3.05) is 0 Å². The van der Waals surface area contributed by atoms with Gasteiger partial charge in [0.15, 0.2) is 0 Å². The van der Waals surface area contributed by atoms with Gasteiger partial charge in [-0.15, -0.1) is 3.89 Å². The first-order valence-electron chi connectivity index (χ1n) is 4.29. The van der Waals surface area contributed by atoms with Crippen LogP contribution in [0.1, 0.15) is 27.0 Å². The highest BCUT2D eigenvalue weighted by Gasteiger charge is 2.19. The minimum absolute atomic E-state index is 0.203. The number of aldehydes is 1. The smallest absolute Gasteiger partial charge is 0.298 e. The lowest BCUT2D eigenvalue weighted by atomic mass is 9.99. The highest BCUT2D eigenvalue weighted by molar-refractivity contribution is 7.86. The Bertz CT molecular complexity index is 518. The van der Waals surface area contributed by atoms with Crippen LogP contribution in [0.2, 0.25) is 0 Å². The van der Waals surface area contributed by atoms with E-state index in [9.17, 15) is 17.1 Å². The van der Waals surface area contributed by atoms with Crippen molar-refractivity contribution in [1.29, 1.82) is 0 Å². The van der Waals surface area contributed by atoms with E-state index in [1.165, 1.54) is 6.92 Å². The summed E-state index contributed by atoms with van der Waals surface area (Å²) in [6.07, 6.45) is 0.524. The van der Waals surface area contributed by atoms with Crippen molar-refractivity contribution in [3.05, 3.63) is 28.3 Å². The molecule has 0 spiro atoms. The lowest BCUT2D eigenvalue weighted by Gasteiger charge is -2.10. The fourth-order valence-corrected chi connectivity index (χ4v) is 2.20. The Morgan fingerprint density at radius 1 is 1.13 bits per heavy atom. The molecule has 0 aliphatic heterocycles. The topological polar surface area (TPSA) is 51.2 Å². The molecule has 0 aliphatic carbocycles. The van der Waals surface area contributed by atoms with Gasteiger partial charge in [-0.25, -0.2) is 0 Å². The second kappa shape index (κ2) is 3.73. The second-order valence-corrected chi connectivity index (χ2v) is 4.71. The van der Waals surface area contributed by atoms with Gasteiger partial charge in [0.25, 0.3) is 0 Å². The third-order valence-corrected chi connectivity index (χ3v) is 3.55. The maximum absolute atomic E-state index is 12.9. The van der Waals surface area contributed by atoms with Gasteiger partial charge in [-0.1, -0.05) is 0 Å². The molecule has 0 unspecified atom stereocenters. The molecule has 0 atom stereocenters. The van der Waals surface area contributed by atoms with Crippen LogP contribution in [0.25, 0.3) is 0 Å². The number of carbonyl (C=O) groups is 1. The molecular weight excluding hydrogens is 219 g/mol. The van der Waals surface area contributed by atoms with Gasteiger partial charge < -0.3 is 0 Å². The Morgan fingerprint density at radius 3 is 2.07 bits per heavy atom. The number of benzene rings is 1. The summed E-state index contributed by atoms with van der Waals surface area (Å²) in [6, 6.07) is 1.07. The Kier molecular flexibility index (Phi) is 2.95. The van der Waals surface area contributed by atoms with E-state index in [0.717, 1.165) is 6.07 Å². The normalized spacial score (nSPS) is 11.5. The molecule has 0 saturated carbocycles. The minimum atomic E-state index is -4.76. The van der Waals surface area contributed by atoms with Gasteiger partial charge in [0, 0.05) is 5.56 Å². The average molecular weight is 230 g/mol. The molecule has 15 heavy (non-hydrogen) atoms. The van der Waals surface area contributed by atoms with Crippen LogP contribution >= 0.6 is 0 Å². The number of carbonyl (C=O) groups excluding carboxylic acids is 1. The van der Waals surface area contributed by atoms with E-state index in [1.807, 2.05) is 0 Å². The first-order chi connectivity index (χ1) is 6.79. The van der Waals surface area contributed by atoms with Crippen LogP contribution in [0.15, 0.2) is 11.0 Å². The molecule has 0 heterocycles. The molecule has 82 valence electrons. The van der Waals surface area contributed by atoms with Crippen LogP contribution in [-0.4, -0.2) is 14.7 Å². The van der Waals surface area contributed by atoms with E-state index < -0.39 is 15.1 Å². The van der Waals surface area contributed by atoms with Crippen molar-refractivity contribution in [3.8, 4) is 0 Å². The monoisotopic (exact) mass is 230 g/mol. The summed E-state index contributed by atoms with van der Waals surface area (Å²) in [5.74, 6) is 0. The van der Waals surface area contributed by atoms with E-state index in [4.69, 9.17) is 0 Å². The molecule has 0 aromatic heterocycles. The zero-order valence-corrected chi connectivity index (χ0v) is 9.48. The molecule has 5 heteroatoms. The summed E-state index contributed by atoms with van der Waals surface area (Å²) >= 11 is 0. The molecule has 3 nitrogen and oxygen atoms in total. The molecule has 0 bridgehead atoms. The van der Waals surface area contributed by atoms with Crippen LogP contribution < -0.4 is 0 Å². The maximum Gasteiger partial charge on any atom is 0.332 e. The van der Waals surface area contributed by atoms with Gasteiger partial charge in [0.05, 0.1) is 0 Å². The van der Waals surface area contributed by atoms with Crippen molar-refractivity contribution in [3.63, 3.8) is 0 Å². The van der Waals surface area contributed by atoms with Gasteiger partial charge >= 0.3 is 10.2 Å². The number of hydrogen-bond donors (Lipinski definition) is 0. The molecule has 0 fully saturated rings. The number of hydrogen-bond acceptors (Lipinski definition) is 3. The zero-order valence-electron chi connectivity index (χ0n) is 8.67. The second-order valence-electron chi connectivity index (χ2n) is 3.39. The molecule has 0 aliphatic rings. The number of halogens is 1. The van der Waals surface area contributed by atoms with Gasteiger partial charge in [-0.05, 0) is 43.5 Å². The van der Waals surface area contributed by atoms with E-state index in [0.29, 0.717) is 23.0 Å². The first kappa shape index (κ1) is 11.8. The maximum atomic E-state index is 12.9. The predicted octanol–water partition coefficient (Wildman–Crippen LogP) is 2.08. The van der Waals surface area contributed by atoms with E-state index in [-0.39, 0.29) is 5.56 Å². The van der Waals surface area contributed by atoms with E-state index in [2.05, 4.69) is 0 Å². The Morgan fingerprint density at radius 2 is 1.67 bits per heavy atom. The van der Waals surface area contributed by atoms with E-state index >= 15 is 0 Å². The molecule has 1 aromatic rings. The fourth-order valence-electron chi connectivity index (χ4n) is 1.42. The molecule has 1 rings (SSSR count).